The van der Waals surface area contributed by atoms with Crippen molar-refractivity contribution in [2.75, 3.05) is 0 Å². The van der Waals surface area contributed by atoms with E-state index in [1.807, 2.05) is 0 Å². The lowest BCUT2D eigenvalue weighted by atomic mass is 10.0. The first-order valence-electron chi connectivity index (χ1n) is 14.0. The monoisotopic (exact) mass is 454 g/mol. The summed E-state index contributed by atoms with van der Waals surface area (Å²) < 4.78 is 4.82. The SMILES string of the molecule is CCCCCCCCCCCCCCCCCCCCCCCC[C@@H](OC(C)=O)C(=O)O. The van der Waals surface area contributed by atoms with Crippen molar-refractivity contribution in [2.24, 2.45) is 0 Å². The smallest absolute Gasteiger partial charge is 0.345 e. The van der Waals surface area contributed by atoms with Crippen molar-refractivity contribution in [3.8, 4) is 0 Å². The number of aliphatic carboxylic acids is 1. The molecule has 0 spiro atoms. The zero-order valence-electron chi connectivity index (χ0n) is 21.5. The van der Waals surface area contributed by atoms with Gasteiger partial charge in [0.2, 0.25) is 0 Å². The van der Waals surface area contributed by atoms with Crippen molar-refractivity contribution >= 4 is 11.9 Å². The number of esters is 1. The van der Waals surface area contributed by atoms with Crippen molar-refractivity contribution in [1.29, 1.82) is 0 Å². The van der Waals surface area contributed by atoms with Gasteiger partial charge < -0.3 is 9.84 Å². The minimum atomic E-state index is -1.04. The lowest BCUT2D eigenvalue weighted by Crippen LogP contribution is -2.25. The van der Waals surface area contributed by atoms with E-state index in [0.29, 0.717) is 6.42 Å². The van der Waals surface area contributed by atoms with Crippen LogP contribution >= 0.6 is 0 Å². The molecule has 0 aromatic heterocycles. The first-order valence-corrected chi connectivity index (χ1v) is 14.0. The third kappa shape index (κ3) is 23.6. The maximum Gasteiger partial charge on any atom is 0.345 e. The molecule has 4 nitrogen and oxygen atoms in total. The Hall–Kier alpha value is -1.06. The largest absolute Gasteiger partial charge is 0.479 e. The highest BCUT2D eigenvalue weighted by atomic mass is 16.6. The van der Waals surface area contributed by atoms with Crippen LogP contribution in [0.1, 0.15) is 162 Å². The van der Waals surface area contributed by atoms with Crippen molar-refractivity contribution in [1.82, 2.24) is 0 Å². The minimum Gasteiger partial charge on any atom is -0.479 e. The second kappa shape index (κ2) is 24.6. The molecule has 0 aromatic rings. The quantitative estimate of drug-likeness (QED) is 0.110. The average molecular weight is 455 g/mol. The van der Waals surface area contributed by atoms with Gasteiger partial charge in [-0.1, -0.05) is 142 Å². The van der Waals surface area contributed by atoms with Crippen LogP contribution in [-0.4, -0.2) is 23.1 Å². The first kappa shape index (κ1) is 30.9. The molecule has 0 fully saturated rings. The number of carboxylic acid groups (broad SMARTS) is 1. The molecule has 0 aromatic carbocycles. The number of hydrogen-bond donors (Lipinski definition) is 1. The highest BCUT2D eigenvalue weighted by Gasteiger charge is 2.19. The van der Waals surface area contributed by atoms with Crippen molar-refractivity contribution < 1.29 is 19.4 Å². The van der Waals surface area contributed by atoms with E-state index in [0.717, 1.165) is 19.3 Å². The number of carbonyl (C=O) groups is 2. The van der Waals surface area contributed by atoms with E-state index >= 15 is 0 Å². The van der Waals surface area contributed by atoms with Crippen molar-refractivity contribution in [3.63, 3.8) is 0 Å². The predicted octanol–water partition coefficient (Wildman–Crippen LogP) is 8.99. The summed E-state index contributed by atoms with van der Waals surface area (Å²) >= 11 is 0. The molecule has 32 heavy (non-hydrogen) atoms. The number of carbonyl (C=O) groups excluding carboxylic acids is 1. The van der Waals surface area contributed by atoms with Crippen LogP contribution in [-0.2, 0) is 14.3 Å². The maximum atomic E-state index is 11.0. The second-order valence-electron chi connectivity index (χ2n) is 9.65. The van der Waals surface area contributed by atoms with Gasteiger partial charge in [-0.25, -0.2) is 4.79 Å². The summed E-state index contributed by atoms with van der Waals surface area (Å²) in [6.45, 7) is 3.54. The Morgan fingerprint density at radius 2 is 0.844 bits per heavy atom. The molecular formula is C28H54O4. The van der Waals surface area contributed by atoms with Gasteiger partial charge in [0, 0.05) is 6.92 Å². The first-order chi connectivity index (χ1) is 15.6. The van der Waals surface area contributed by atoms with E-state index in [-0.39, 0.29) is 0 Å². The van der Waals surface area contributed by atoms with Crippen LogP contribution in [0.25, 0.3) is 0 Å². The molecule has 0 saturated heterocycles. The van der Waals surface area contributed by atoms with E-state index in [4.69, 9.17) is 9.84 Å². The highest BCUT2D eigenvalue weighted by Crippen LogP contribution is 2.16. The molecule has 0 aliphatic carbocycles. The van der Waals surface area contributed by atoms with Crippen molar-refractivity contribution in [2.45, 2.75) is 168 Å². The Bertz CT molecular complexity index is 422. The number of rotatable bonds is 25. The van der Waals surface area contributed by atoms with E-state index in [9.17, 15) is 9.59 Å². The molecule has 0 heterocycles. The van der Waals surface area contributed by atoms with Crippen LogP contribution in [0, 0.1) is 0 Å². The van der Waals surface area contributed by atoms with Gasteiger partial charge in [0.05, 0.1) is 0 Å². The molecule has 0 aliphatic rings. The summed E-state index contributed by atoms with van der Waals surface area (Å²) in [5, 5.41) is 9.02. The van der Waals surface area contributed by atoms with Gasteiger partial charge in [-0.2, -0.15) is 0 Å². The van der Waals surface area contributed by atoms with E-state index in [1.165, 1.54) is 129 Å². The molecule has 0 saturated carbocycles. The van der Waals surface area contributed by atoms with Crippen LogP contribution in [0.3, 0.4) is 0 Å². The molecule has 4 heteroatoms. The van der Waals surface area contributed by atoms with E-state index in [1.54, 1.807) is 0 Å². The molecule has 1 N–H and O–H groups in total. The Morgan fingerprint density at radius 3 is 1.09 bits per heavy atom. The molecular weight excluding hydrogens is 400 g/mol. The molecule has 0 aliphatic heterocycles. The summed E-state index contributed by atoms with van der Waals surface area (Å²) in [4.78, 5) is 21.9. The summed E-state index contributed by atoms with van der Waals surface area (Å²) in [6, 6.07) is 0. The summed E-state index contributed by atoms with van der Waals surface area (Å²) in [5.41, 5.74) is 0. The van der Waals surface area contributed by atoms with Gasteiger partial charge in [-0.3, -0.25) is 4.79 Å². The molecule has 0 unspecified atom stereocenters. The number of ether oxygens (including phenoxy) is 1. The van der Waals surface area contributed by atoms with Crippen molar-refractivity contribution in [3.05, 3.63) is 0 Å². The topological polar surface area (TPSA) is 63.6 Å². The van der Waals surface area contributed by atoms with Gasteiger partial charge in [0.25, 0.3) is 0 Å². The van der Waals surface area contributed by atoms with Crippen LogP contribution in [0.4, 0.5) is 0 Å². The number of carboxylic acids is 1. The van der Waals surface area contributed by atoms with Gasteiger partial charge in [0.1, 0.15) is 0 Å². The van der Waals surface area contributed by atoms with Crippen LogP contribution in [0.5, 0.6) is 0 Å². The van der Waals surface area contributed by atoms with Gasteiger partial charge >= 0.3 is 11.9 Å². The Balaban J connectivity index is 3.19. The standard InChI is InChI=1S/C28H54O4/c1-3-4-5-6-7-8-9-10-11-12-13-14-15-16-17-18-19-20-21-22-23-24-25-27(28(30)31)32-26(2)29/h27H,3-25H2,1-2H3,(H,30,31)/t27-/m1/s1. The van der Waals surface area contributed by atoms with E-state index in [2.05, 4.69) is 6.92 Å². The fourth-order valence-corrected chi connectivity index (χ4v) is 4.37. The maximum absolute atomic E-state index is 11.0. The van der Waals surface area contributed by atoms with Crippen LogP contribution < -0.4 is 0 Å². The Kier molecular flexibility index (Phi) is 23.8. The molecule has 0 radical (unpaired) electrons. The number of unbranched alkanes of at least 4 members (excludes halogenated alkanes) is 21. The zero-order valence-corrected chi connectivity index (χ0v) is 21.5. The third-order valence-corrected chi connectivity index (χ3v) is 6.40. The lowest BCUT2D eigenvalue weighted by Gasteiger charge is -2.11. The van der Waals surface area contributed by atoms with Gasteiger partial charge in [-0.15, -0.1) is 0 Å². The molecule has 190 valence electrons. The third-order valence-electron chi connectivity index (χ3n) is 6.40. The minimum absolute atomic E-state index is 0.425. The summed E-state index contributed by atoms with van der Waals surface area (Å²) in [5.74, 6) is -1.56. The molecule has 0 rings (SSSR count). The zero-order chi connectivity index (χ0) is 23.7. The summed E-state index contributed by atoms with van der Waals surface area (Å²) in [7, 11) is 0. The Morgan fingerprint density at radius 1 is 0.562 bits per heavy atom. The van der Waals surface area contributed by atoms with Crippen LogP contribution in [0.15, 0.2) is 0 Å². The predicted molar refractivity (Wildman–Crippen MR) is 135 cm³/mol. The van der Waals surface area contributed by atoms with Gasteiger partial charge in [0.15, 0.2) is 6.10 Å². The fraction of sp³-hybridized carbons (Fsp3) is 0.929. The van der Waals surface area contributed by atoms with Gasteiger partial charge in [-0.05, 0) is 12.8 Å². The fourth-order valence-electron chi connectivity index (χ4n) is 4.37. The highest BCUT2D eigenvalue weighted by molar-refractivity contribution is 5.76. The molecule has 0 amide bonds. The number of hydrogen-bond acceptors (Lipinski definition) is 3. The van der Waals surface area contributed by atoms with E-state index < -0.39 is 18.0 Å². The van der Waals surface area contributed by atoms with Crippen LogP contribution in [0.2, 0.25) is 0 Å². The average Bonchev–Trinajstić information content (AvgIpc) is 2.76. The normalized spacial score (nSPS) is 12.1. The lowest BCUT2D eigenvalue weighted by molar-refractivity contribution is -0.163. The second-order valence-corrected chi connectivity index (χ2v) is 9.65. The summed E-state index contributed by atoms with van der Waals surface area (Å²) in [6.07, 6.45) is 28.9. The molecule has 1 atom stereocenters. The Labute approximate surface area is 199 Å². The molecule has 0 bridgehead atoms.